The lowest BCUT2D eigenvalue weighted by molar-refractivity contribution is 0.415. The summed E-state index contributed by atoms with van der Waals surface area (Å²) in [6.07, 6.45) is 0. The maximum absolute atomic E-state index is 13.0. The third-order valence-electron chi connectivity index (χ3n) is 4.66. The Morgan fingerprint density at radius 2 is 1.90 bits per heavy atom. The van der Waals surface area contributed by atoms with Crippen LogP contribution < -0.4 is 10.3 Å². The second kappa shape index (κ2) is 7.58. The fourth-order valence-corrected chi connectivity index (χ4v) is 4.01. The molecule has 0 saturated heterocycles. The molecule has 0 radical (unpaired) electrons. The summed E-state index contributed by atoms with van der Waals surface area (Å²) in [6.45, 7) is 2.42. The SMILES string of the molecule is CCn1nc(-c2ccccc2)c2c(=O)[nH]c(-c3ccc(S(=O)(=O)Cl)cc3OC)nc21. The molecule has 0 aliphatic heterocycles. The van der Waals surface area contributed by atoms with E-state index in [1.54, 1.807) is 4.68 Å². The van der Waals surface area contributed by atoms with Gasteiger partial charge in [0.15, 0.2) is 5.65 Å². The van der Waals surface area contributed by atoms with Crippen LogP contribution in [0.5, 0.6) is 5.75 Å². The fraction of sp³-hybridized carbons (Fsp3) is 0.150. The van der Waals surface area contributed by atoms with Crippen molar-refractivity contribution < 1.29 is 13.2 Å². The lowest BCUT2D eigenvalue weighted by Crippen LogP contribution is -2.11. The van der Waals surface area contributed by atoms with Crippen molar-refractivity contribution in [1.29, 1.82) is 0 Å². The van der Waals surface area contributed by atoms with Gasteiger partial charge in [-0.05, 0) is 19.1 Å². The molecule has 0 amide bonds. The van der Waals surface area contributed by atoms with Gasteiger partial charge in [-0.15, -0.1) is 0 Å². The van der Waals surface area contributed by atoms with Crippen LogP contribution in [0.15, 0.2) is 58.2 Å². The van der Waals surface area contributed by atoms with Crippen molar-refractivity contribution in [2.75, 3.05) is 7.11 Å². The average Bonchev–Trinajstić information content (AvgIpc) is 3.12. The Hall–Kier alpha value is -3.17. The van der Waals surface area contributed by atoms with Gasteiger partial charge in [0.05, 0.1) is 17.6 Å². The van der Waals surface area contributed by atoms with Crippen molar-refractivity contribution in [3.8, 4) is 28.4 Å². The number of methoxy groups -OCH3 is 1. The Morgan fingerprint density at radius 3 is 2.53 bits per heavy atom. The smallest absolute Gasteiger partial charge is 0.262 e. The summed E-state index contributed by atoms with van der Waals surface area (Å²) in [5, 5.41) is 4.95. The third-order valence-corrected chi connectivity index (χ3v) is 6.01. The van der Waals surface area contributed by atoms with Crippen LogP contribution in [0.4, 0.5) is 0 Å². The summed E-state index contributed by atoms with van der Waals surface area (Å²) in [6, 6.07) is 13.5. The predicted octanol–water partition coefficient (Wildman–Crippen LogP) is 3.41. The van der Waals surface area contributed by atoms with Gasteiger partial charge in [0.1, 0.15) is 22.7 Å². The maximum Gasteiger partial charge on any atom is 0.262 e. The number of ether oxygens (including phenoxy) is 1. The normalized spacial score (nSPS) is 11.7. The first-order valence-electron chi connectivity index (χ1n) is 9.02. The largest absolute Gasteiger partial charge is 0.496 e. The third kappa shape index (κ3) is 3.46. The van der Waals surface area contributed by atoms with Crippen LogP contribution in [0.2, 0.25) is 0 Å². The zero-order chi connectivity index (χ0) is 21.5. The van der Waals surface area contributed by atoms with E-state index < -0.39 is 9.05 Å². The van der Waals surface area contributed by atoms with E-state index in [9.17, 15) is 13.2 Å². The number of halogens is 1. The fourth-order valence-electron chi connectivity index (χ4n) is 3.24. The van der Waals surface area contributed by atoms with E-state index in [1.807, 2.05) is 37.3 Å². The molecule has 154 valence electrons. The van der Waals surface area contributed by atoms with E-state index in [2.05, 4.69) is 15.1 Å². The van der Waals surface area contributed by atoms with Crippen molar-refractivity contribution in [1.82, 2.24) is 19.7 Å². The molecular formula is C20H17ClN4O4S. The number of nitrogens with zero attached hydrogens (tertiary/aromatic N) is 3. The highest BCUT2D eigenvalue weighted by atomic mass is 35.7. The molecule has 0 spiro atoms. The van der Waals surface area contributed by atoms with Crippen LogP contribution in [-0.2, 0) is 15.6 Å². The molecule has 0 fully saturated rings. The summed E-state index contributed by atoms with van der Waals surface area (Å²) in [4.78, 5) is 20.3. The number of aromatic nitrogens is 4. The van der Waals surface area contributed by atoms with E-state index in [-0.39, 0.29) is 22.0 Å². The number of fused-ring (bicyclic) bond motifs is 1. The number of aryl methyl sites for hydroxylation is 1. The Balaban J connectivity index is 1.96. The molecular weight excluding hydrogens is 428 g/mol. The quantitative estimate of drug-likeness (QED) is 0.473. The van der Waals surface area contributed by atoms with Gasteiger partial charge < -0.3 is 9.72 Å². The number of aromatic amines is 1. The van der Waals surface area contributed by atoms with Crippen LogP contribution in [0.25, 0.3) is 33.7 Å². The molecule has 2 heterocycles. The molecule has 0 bridgehead atoms. The molecule has 2 aromatic heterocycles. The molecule has 1 N–H and O–H groups in total. The van der Waals surface area contributed by atoms with Crippen molar-refractivity contribution in [2.45, 2.75) is 18.4 Å². The number of nitrogens with one attached hydrogen (secondary N) is 1. The lowest BCUT2D eigenvalue weighted by Gasteiger charge is -2.09. The van der Waals surface area contributed by atoms with Gasteiger partial charge in [0, 0.05) is 28.9 Å². The van der Waals surface area contributed by atoms with E-state index >= 15 is 0 Å². The number of hydrogen-bond donors (Lipinski definition) is 1. The Morgan fingerprint density at radius 1 is 1.17 bits per heavy atom. The summed E-state index contributed by atoms with van der Waals surface area (Å²) >= 11 is 0. The van der Waals surface area contributed by atoms with Gasteiger partial charge in [0.2, 0.25) is 0 Å². The molecule has 8 nitrogen and oxygen atoms in total. The average molecular weight is 445 g/mol. The minimum atomic E-state index is -3.93. The van der Waals surface area contributed by atoms with Gasteiger partial charge in [-0.25, -0.2) is 18.1 Å². The van der Waals surface area contributed by atoms with Gasteiger partial charge in [0.25, 0.3) is 14.6 Å². The molecule has 30 heavy (non-hydrogen) atoms. The van der Waals surface area contributed by atoms with Crippen LogP contribution in [0.3, 0.4) is 0 Å². The molecule has 10 heteroatoms. The molecule has 4 aromatic rings. The summed E-state index contributed by atoms with van der Waals surface area (Å²) in [5.41, 5.74) is 1.84. The lowest BCUT2D eigenvalue weighted by atomic mass is 10.1. The number of hydrogen-bond acceptors (Lipinski definition) is 6. The van der Waals surface area contributed by atoms with Gasteiger partial charge >= 0.3 is 0 Å². The molecule has 0 aliphatic carbocycles. The van der Waals surface area contributed by atoms with Crippen molar-refractivity contribution in [3.63, 3.8) is 0 Å². The highest BCUT2D eigenvalue weighted by Gasteiger charge is 2.20. The standard InChI is InChI=1S/C20H17ClN4O4S/c1-3-25-19-16(17(24-25)12-7-5-4-6-8-12)20(26)23-18(22-19)14-10-9-13(30(21,27)28)11-15(14)29-2/h4-11H,3H2,1-2H3,(H,22,23,26). The van der Waals surface area contributed by atoms with E-state index in [1.165, 1.54) is 25.3 Å². The molecule has 0 atom stereocenters. The second-order valence-corrected chi connectivity index (χ2v) is 9.01. The van der Waals surface area contributed by atoms with E-state index in [4.69, 9.17) is 15.4 Å². The zero-order valence-corrected chi connectivity index (χ0v) is 17.7. The Labute approximate surface area is 176 Å². The minimum Gasteiger partial charge on any atom is -0.496 e. The zero-order valence-electron chi connectivity index (χ0n) is 16.1. The highest BCUT2D eigenvalue weighted by Crippen LogP contribution is 2.32. The topological polar surface area (TPSA) is 107 Å². The van der Waals surface area contributed by atoms with Crippen LogP contribution in [0.1, 0.15) is 6.92 Å². The first kappa shape index (κ1) is 20.1. The molecule has 0 aliphatic rings. The van der Waals surface area contributed by atoms with Crippen molar-refractivity contribution in [2.24, 2.45) is 0 Å². The Kier molecular flexibility index (Phi) is 5.08. The van der Waals surface area contributed by atoms with E-state index in [0.29, 0.717) is 28.8 Å². The maximum atomic E-state index is 13.0. The van der Waals surface area contributed by atoms with Crippen molar-refractivity contribution >= 4 is 30.8 Å². The first-order valence-corrected chi connectivity index (χ1v) is 11.3. The Bertz CT molecular complexity index is 1410. The van der Waals surface area contributed by atoms with Gasteiger partial charge in [-0.3, -0.25) is 4.79 Å². The monoisotopic (exact) mass is 444 g/mol. The predicted molar refractivity (Wildman–Crippen MR) is 114 cm³/mol. The molecule has 4 rings (SSSR count). The number of benzene rings is 2. The summed E-state index contributed by atoms with van der Waals surface area (Å²) < 4.78 is 30.2. The van der Waals surface area contributed by atoms with Crippen LogP contribution in [-0.4, -0.2) is 35.3 Å². The number of rotatable bonds is 5. The van der Waals surface area contributed by atoms with Crippen LogP contribution >= 0.6 is 10.7 Å². The second-order valence-electron chi connectivity index (χ2n) is 6.44. The summed E-state index contributed by atoms with van der Waals surface area (Å²) in [7, 11) is 2.88. The van der Waals surface area contributed by atoms with Gasteiger partial charge in [-0.2, -0.15) is 5.10 Å². The first-order chi connectivity index (χ1) is 14.3. The molecule has 2 aromatic carbocycles. The highest BCUT2D eigenvalue weighted by molar-refractivity contribution is 8.13. The molecule has 0 saturated carbocycles. The van der Waals surface area contributed by atoms with Crippen molar-refractivity contribution in [3.05, 3.63) is 58.9 Å². The number of H-pyrrole nitrogens is 1. The van der Waals surface area contributed by atoms with Crippen LogP contribution in [0, 0.1) is 0 Å². The molecule has 0 unspecified atom stereocenters. The van der Waals surface area contributed by atoms with E-state index in [0.717, 1.165) is 5.56 Å². The summed E-state index contributed by atoms with van der Waals surface area (Å²) in [5.74, 6) is 0.446. The minimum absolute atomic E-state index is 0.113. The van der Waals surface area contributed by atoms with Gasteiger partial charge in [-0.1, -0.05) is 30.3 Å².